The molecule has 0 aliphatic heterocycles. The predicted molar refractivity (Wildman–Crippen MR) is 45.3 cm³/mol. The van der Waals surface area contributed by atoms with Gasteiger partial charge in [-0.1, -0.05) is 0 Å². The average molecular weight is 189 g/mol. The van der Waals surface area contributed by atoms with Gasteiger partial charge in [0.15, 0.2) is 0 Å². The van der Waals surface area contributed by atoms with Gasteiger partial charge in [0.1, 0.15) is 5.82 Å². The molecule has 0 saturated heterocycles. The molecule has 6 heteroatoms. The fraction of sp³-hybridized carbons (Fsp3) is 0.500. The summed E-state index contributed by atoms with van der Waals surface area (Å²) in [5.41, 5.74) is 5.29. The Kier molecular flexibility index (Phi) is 2.10. The highest BCUT2D eigenvalue weighted by molar-refractivity contribution is 7.91. The predicted octanol–water partition coefficient (Wildman–Crippen LogP) is 0.174. The highest BCUT2D eigenvalue weighted by Gasteiger charge is 2.21. The third kappa shape index (κ3) is 1.42. The van der Waals surface area contributed by atoms with Gasteiger partial charge in [-0.3, -0.25) is 0 Å². The summed E-state index contributed by atoms with van der Waals surface area (Å²) in [6.45, 7) is 3.18. The maximum absolute atomic E-state index is 11.4. The molecule has 0 aliphatic carbocycles. The molecule has 0 amide bonds. The van der Waals surface area contributed by atoms with E-state index in [0.29, 0.717) is 0 Å². The standard InChI is InChI=1S/C6H11N3O2S/c1-4(2)12(10,11)6-8-3-5(7)9-6/h3-4H,7H2,1-2H3,(H,8,9). The number of sulfone groups is 1. The molecule has 1 heterocycles. The van der Waals surface area contributed by atoms with Gasteiger partial charge in [-0.15, -0.1) is 0 Å². The number of H-pyrrole nitrogens is 1. The molecule has 1 aromatic heterocycles. The largest absolute Gasteiger partial charge is 0.384 e. The molecule has 0 fully saturated rings. The Hall–Kier alpha value is -1.04. The lowest BCUT2D eigenvalue weighted by molar-refractivity contribution is 0.580. The molecule has 5 nitrogen and oxygen atoms in total. The minimum absolute atomic E-state index is 0.0602. The van der Waals surface area contributed by atoms with Gasteiger partial charge in [-0.25, -0.2) is 13.4 Å². The Bertz CT molecular complexity index is 366. The number of aromatic amines is 1. The summed E-state index contributed by atoms with van der Waals surface area (Å²) in [6, 6.07) is 0. The topological polar surface area (TPSA) is 88.8 Å². The van der Waals surface area contributed by atoms with Gasteiger partial charge >= 0.3 is 0 Å². The molecule has 0 atom stereocenters. The summed E-state index contributed by atoms with van der Waals surface area (Å²) < 4.78 is 22.8. The monoisotopic (exact) mass is 189 g/mol. The molecule has 0 aromatic carbocycles. The number of hydrogen-bond donors (Lipinski definition) is 2. The molecule has 1 aromatic rings. The maximum atomic E-state index is 11.4. The van der Waals surface area contributed by atoms with Gasteiger partial charge in [0.2, 0.25) is 15.0 Å². The minimum atomic E-state index is -3.30. The first kappa shape index (κ1) is 9.05. The van der Waals surface area contributed by atoms with Crippen molar-refractivity contribution in [2.24, 2.45) is 0 Å². The van der Waals surface area contributed by atoms with Crippen LogP contribution in [-0.4, -0.2) is 23.6 Å². The lowest BCUT2D eigenvalue weighted by atomic mass is 10.6. The highest BCUT2D eigenvalue weighted by Crippen LogP contribution is 2.12. The normalized spacial score (nSPS) is 12.2. The van der Waals surface area contributed by atoms with Crippen molar-refractivity contribution in [1.29, 1.82) is 0 Å². The van der Waals surface area contributed by atoms with E-state index in [0.717, 1.165) is 0 Å². The van der Waals surface area contributed by atoms with Gasteiger partial charge in [0, 0.05) is 0 Å². The van der Waals surface area contributed by atoms with E-state index >= 15 is 0 Å². The van der Waals surface area contributed by atoms with E-state index in [1.807, 2.05) is 0 Å². The fourth-order valence-corrected chi connectivity index (χ4v) is 1.59. The zero-order valence-corrected chi connectivity index (χ0v) is 7.72. The number of nitrogens with zero attached hydrogens (tertiary/aromatic N) is 1. The number of nitrogen functional groups attached to an aromatic ring is 1. The number of anilines is 1. The van der Waals surface area contributed by atoms with Gasteiger partial charge < -0.3 is 10.7 Å². The molecule has 3 N–H and O–H groups in total. The smallest absolute Gasteiger partial charge is 0.226 e. The van der Waals surface area contributed by atoms with Crippen molar-refractivity contribution in [3.63, 3.8) is 0 Å². The molecule has 68 valence electrons. The molecule has 0 spiro atoms. The van der Waals surface area contributed by atoms with E-state index in [-0.39, 0.29) is 11.0 Å². The number of nitrogens with one attached hydrogen (secondary N) is 1. The van der Waals surface area contributed by atoms with Crippen molar-refractivity contribution in [2.75, 3.05) is 5.73 Å². The van der Waals surface area contributed by atoms with Crippen LogP contribution >= 0.6 is 0 Å². The summed E-state index contributed by atoms with van der Waals surface area (Å²) >= 11 is 0. The van der Waals surface area contributed by atoms with Crippen molar-refractivity contribution >= 4 is 15.7 Å². The van der Waals surface area contributed by atoms with Crippen molar-refractivity contribution in [3.05, 3.63) is 6.20 Å². The molecule has 0 unspecified atom stereocenters. The number of aromatic nitrogens is 2. The van der Waals surface area contributed by atoms with E-state index in [1.165, 1.54) is 6.20 Å². The molecule has 0 radical (unpaired) electrons. The van der Waals surface area contributed by atoms with Crippen LogP contribution in [0.5, 0.6) is 0 Å². The lowest BCUT2D eigenvalue weighted by Gasteiger charge is -2.02. The summed E-state index contributed by atoms with van der Waals surface area (Å²) in [4.78, 5) is 6.12. The number of imidazole rings is 1. The molecule has 12 heavy (non-hydrogen) atoms. The quantitative estimate of drug-likeness (QED) is 0.694. The maximum Gasteiger partial charge on any atom is 0.226 e. The lowest BCUT2D eigenvalue weighted by Crippen LogP contribution is -2.15. The van der Waals surface area contributed by atoms with Gasteiger partial charge in [0.25, 0.3) is 0 Å². The van der Waals surface area contributed by atoms with E-state index in [2.05, 4.69) is 9.97 Å². The molecular weight excluding hydrogens is 178 g/mol. The summed E-state index contributed by atoms with van der Waals surface area (Å²) in [5.74, 6) is 0.259. The Morgan fingerprint density at radius 1 is 1.58 bits per heavy atom. The minimum Gasteiger partial charge on any atom is -0.384 e. The Morgan fingerprint density at radius 2 is 2.17 bits per heavy atom. The average Bonchev–Trinajstić information content (AvgIpc) is 2.35. The third-order valence-electron chi connectivity index (χ3n) is 1.46. The first-order valence-electron chi connectivity index (χ1n) is 3.49. The zero-order valence-electron chi connectivity index (χ0n) is 6.90. The Morgan fingerprint density at radius 3 is 2.50 bits per heavy atom. The van der Waals surface area contributed by atoms with Crippen LogP contribution in [0, 0.1) is 0 Å². The van der Waals surface area contributed by atoms with Crippen molar-refractivity contribution in [2.45, 2.75) is 24.3 Å². The van der Waals surface area contributed by atoms with Crippen molar-refractivity contribution in [1.82, 2.24) is 9.97 Å². The van der Waals surface area contributed by atoms with Crippen LogP contribution in [0.1, 0.15) is 13.8 Å². The highest BCUT2D eigenvalue weighted by atomic mass is 32.2. The third-order valence-corrected chi connectivity index (χ3v) is 3.45. The molecule has 0 aliphatic rings. The van der Waals surface area contributed by atoms with E-state index in [4.69, 9.17) is 5.73 Å². The van der Waals surface area contributed by atoms with Gasteiger partial charge in [0.05, 0.1) is 11.4 Å². The van der Waals surface area contributed by atoms with Crippen LogP contribution in [-0.2, 0) is 9.84 Å². The number of nitrogens with two attached hydrogens (primary N) is 1. The SMILES string of the molecule is CC(C)S(=O)(=O)c1ncc(N)[nH]1. The summed E-state index contributed by atoms with van der Waals surface area (Å²) in [7, 11) is -3.30. The van der Waals surface area contributed by atoms with Crippen LogP contribution in [0.2, 0.25) is 0 Å². The second-order valence-corrected chi connectivity index (χ2v) is 5.16. The van der Waals surface area contributed by atoms with Gasteiger partial charge in [-0.2, -0.15) is 0 Å². The van der Waals surface area contributed by atoms with Crippen LogP contribution in [0.4, 0.5) is 5.82 Å². The summed E-state index contributed by atoms with van der Waals surface area (Å²) in [6.07, 6.45) is 1.29. The second-order valence-electron chi connectivity index (χ2n) is 2.74. The van der Waals surface area contributed by atoms with E-state index in [9.17, 15) is 8.42 Å². The van der Waals surface area contributed by atoms with E-state index in [1.54, 1.807) is 13.8 Å². The molecule has 1 rings (SSSR count). The van der Waals surface area contributed by atoms with Crippen LogP contribution in [0.25, 0.3) is 0 Å². The number of rotatable bonds is 2. The molecular formula is C6H11N3O2S. The second kappa shape index (κ2) is 2.78. The van der Waals surface area contributed by atoms with Crippen LogP contribution in [0.3, 0.4) is 0 Å². The Labute approximate surface area is 70.9 Å². The first-order valence-corrected chi connectivity index (χ1v) is 5.03. The van der Waals surface area contributed by atoms with Gasteiger partial charge in [-0.05, 0) is 13.8 Å². The van der Waals surface area contributed by atoms with Crippen molar-refractivity contribution < 1.29 is 8.42 Å². The van der Waals surface area contributed by atoms with E-state index < -0.39 is 15.1 Å². The zero-order chi connectivity index (χ0) is 9.35. The number of hydrogen-bond acceptors (Lipinski definition) is 4. The first-order chi connectivity index (χ1) is 5.44. The van der Waals surface area contributed by atoms with Crippen LogP contribution in [0.15, 0.2) is 11.4 Å². The van der Waals surface area contributed by atoms with Crippen molar-refractivity contribution in [3.8, 4) is 0 Å². The Balaban J connectivity index is 3.15. The summed E-state index contributed by atoms with van der Waals surface area (Å²) in [5, 5.41) is -0.543. The molecule has 0 saturated carbocycles. The van der Waals surface area contributed by atoms with Crippen LogP contribution < -0.4 is 5.73 Å². The molecule has 0 bridgehead atoms. The fourth-order valence-electron chi connectivity index (χ4n) is 0.684.